The molecule has 2 aromatic carbocycles. The lowest BCUT2D eigenvalue weighted by Gasteiger charge is -2.17. The molecule has 0 amide bonds. The summed E-state index contributed by atoms with van der Waals surface area (Å²) in [5.74, 6) is 1.42. The second kappa shape index (κ2) is 7.75. The number of benzene rings is 2. The fourth-order valence-corrected chi connectivity index (χ4v) is 2.56. The van der Waals surface area contributed by atoms with Gasteiger partial charge in [-0.3, -0.25) is 4.90 Å². The van der Waals surface area contributed by atoms with Crippen LogP contribution in [0.3, 0.4) is 0 Å². The average Bonchev–Trinajstić information content (AvgIpc) is 2.60. The number of nitrogens with zero attached hydrogens (tertiary/aromatic N) is 2. The highest BCUT2D eigenvalue weighted by molar-refractivity contribution is 5.30. The Bertz CT molecular complexity index is 752. The van der Waals surface area contributed by atoms with Crippen LogP contribution < -0.4 is 4.74 Å². The Morgan fingerprint density at radius 3 is 2.04 bits per heavy atom. The molecule has 0 bridgehead atoms. The minimum atomic E-state index is 0.613. The first kappa shape index (κ1) is 16.2. The first-order valence-electron chi connectivity index (χ1n) is 8.11. The van der Waals surface area contributed by atoms with Crippen LogP contribution in [0.5, 0.6) is 11.6 Å². The van der Waals surface area contributed by atoms with E-state index < -0.39 is 0 Å². The van der Waals surface area contributed by atoms with Crippen molar-refractivity contribution >= 4 is 0 Å². The summed E-state index contributed by atoms with van der Waals surface area (Å²) < 4.78 is 5.72. The first-order valence-corrected chi connectivity index (χ1v) is 8.11. The summed E-state index contributed by atoms with van der Waals surface area (Å²) in [6.07, 6.45) is 1.73. The third-order valence-corrected chi connectivity index (χ3v) is 3.81. The van der Waals surface area contributed by atoms with Gasteiger partial charge in [-0.25, -0.2) is 4.98 Å². The molecule has 0 saturated carbocycles. The molecule has 3 nitrogen and oxygen atoms in total. The fourth-order valence-electron chi connectivity index (χ4n) is 2.56. The number of rotatable bonds is 6. The zero-order valence-corrected chi connectivity index (χ0v) is 14.1. The van der Waals surface area contributed by atoms with Crippen LogP contribution in [0.2, 0.25) is 0 Å². The molecule has 0 aliphatic heterocycles. The molecule has 0 N–H and O–H groups in total. The van der Waals surface area contributed by atoms with E-state index in [4.69, 9.17) is 4.74 Å². The molecule has 0 unspecified atom stereocenters. The number of hydrogen-bond acceptors (Lipinski definition) is 3. The predicted molar refractivity (Wildman–Crippen MR) is 97.1 cm³/mol. The average molecular weight is 318 g/mol. The fraction of sp³-hybridized carbons (Fsp3) is 0.190. The van der Waals surface area contributed by atoms with Crippen molar-refractivity contribution in [1.29, 1.82) is 0 Å². The topological polar surface area (TPSA) is 25.4 Å². The van der Waals surface area contributed by atoms with Crippen LogP contribution in [0.15, 0.2) is 72.9 Å². The number of ether oxygens (including phenoxy) is 1. The van der Waals surface area contributed by atoms with Crippen molar-refractivity contribution in [3.63, 3.8) is 0 Å². The number of aryl methyl sites for hydroxylation is 1. The summed E-state index contributed by atoms with van der Waals surface area (Å²) in [5.41, 5.74) is 3.89. The van der Waals surface area contributed by atoms with Gasteiger partial charge in [-0.1, -0.05) is 48.0 Å². The Balaban J connectivity index is 1.56. The molecule has 0 saturated heterocycles. The molecule has 1 aromatic heterocycles. The van der Waals surface area contributed by atoms with E-state index in [0.29, 0.717) is 5.88 Å². The maximum absolute atomic E-state index is 5.72. The van der Waals surface area contributed by atoms with Gasteiger partial charge in [0.25, 0.3) is 0 Å². The van der Waals surface area contributed by atoms with Gasteiger partial charge in [0.05, 0.1) is 0 Å². The summed E-state index contributed by atoms with van der Waals surface area (Å²) in [4.78, 5) is 6.47. The van der Waals surface area contributed by atoms with Crippen LogP contribution in [0.4, 0.5) is 0 Å². The second-order valence-electron chi connectivity index (χ2n) is 6.07. The Labute approximate surface area is 143 Å². The van der Waals surface area contributed by atoms with Crippen molar-refractivity contribution in [2.75, 3.05) is 7.05 Å². The largest absolute Gasteiger partial charge is 0.439 e. The maximum Gasteiger partial charge on any atom is 0.219 e. The van der Waals surface area contributed by atoms with Crippen LogP contribution in [-0.4, -0.2) is 16.9 Å². The summed E-state index contributed by atoms with van der Waals surface area (Å²) in [6.45, 7) is 3.95. The van der Waals surface area contributed by atoms with Crippen LogP contribution >= 0.6 is 0 Å². The highest BCUT2D eigenvalue weighted by atomic mass is 16.5. The van der Waals surface area contributed by atoms with Crippen molar-refractivity contribution in [3.05, 3.63) is 89.6 Å². The summed E-state index contributed by atoms with van der Waals surface area (Å²) >= 11 is 0. The maximum atomic E-state index is 5.72. The summed E-state index contributed by atoms with van der Waals surface area (Å²) in [7, 11) is 2.14. The third-order valence-electron chi connectivity index (χ3n) is 3.81. The lowest BCUT2D eigenvalue weighted by molar-refractivity contribution is 0.319. The highest BCUT2D eigenvalue weighted by Gasteiger charge is 2.03. The third kappa shape index (κ3) is 4.67. The van der Waals surface area contributed by atoms with Gasteiger partial charge in [0.15, 0.2) is 0 Å². The quantitative estimate of drug-likeness (QED) is 0.652. The molecule has 3 rings (SSSR count). The van der Waals surface area contributed by atoms with Crippen molar-refractivity contribution < 1.29 is 4.74 Å². The van der Waals surface area contributed by atoms with Gasteiger partial charge in [-0.15, -0.1) is 0 Å². The molecular formula is C21H22N2O. The molecule has 0 fully saturated rings. The molecule has 1 heterocycles. The predicted octanol–water partition coefficient (Wildman–Crippen LogP) is 4.81. The Hall–Kier alpha value is -2.65. The van der Waals surface area contributed by atoms with Gasteiger partial charge in [-0.2, -0.15) is 0 Å². The van der Waals surface area contributed by atoms with Gasteiger partial charge in [0.2, 0.25) is 5.88 Å². The van der Waals surface area contributed by atoms with Crippen LogP contribution in [-0.2, 0) is 13.1 Å². The zero-order valence-electron chi connectivity index (χ0n) is 14.1. The molecule has 24 heavy (non-hydrogen) atoms. The minimum Gasteiger partial charge on any atom is -0.439 e. The van der Waals surface area contributed by atoms with E-state index in [1.54, 1.807) is 6.20 Å². The molecule has 3 heteroatoms. The van der Waals surface area contributed by atoms with Crippen LogP contribution in [0.1, 0.15) is 16.7 Å². The van der Waals surface area contributed by atoms with Crippen molar-refractivity contribution in [2.45, 2.75) is 20.0 Å². The Morgan fingerprint density at radius 1 is 0.833 bits per heavy atom. The van der Waals surface area contributed by atoms with Crippen molar-refractivity contribution in [1.82, 2.24) is 9.88 Å². The van der Waals surface area contributed by atoms with Gasteiger partial charge in [0.1, 0.15) is 5.75 Å². The van der Waals surface area contributed by atoms with E-state index in [0.717, 1.165) is 18.8 Å². The minimum absolute atomic E-state index is 0.613. The van der Waals surface area contributed by atoms with Gasteiger partial charge in [0, 0.05) is 25.4 Å². The van der Waals surface area contributed by atoms with Crippen LogP contribution in [0.25, 0.3) is 0 Å². The molecule has 0 spiro atoms. The van der Waals surface area contributed by atoms with Gasteiger partial charge in [-0.05, 0) is 43.3 Å². The second-order valence-corrected chi connectivity index (χ2v) is 6.07. The summed E-state index contributed by atoms with van der Waals surface area (Å²) in [5, 5.41) is 0. The zero-order chi connectivity index (χ0) is 16.8. The Kier molecular flexibility index (Phi) is 5.24. The first-order chi connectivity index (χ1) is 11.7. The van der Waals surface area contributed by atoms with Gasteiger partial charge >= 0.3 is 0 Å². The monoisotopic (exact) mass is 318 g/mol. The highest BCUT2D eigenvalue weighted by Crippen LogP contribution is 2.20. The van der Waals surface area contributed by atoms with Crippen molar-refractivity contribution in [3.8, 4) is 11.6 Å². The molecule has 3 aromatic rings. The van der Waals surface area contributed by atoms with E-state index >= 15 is 0 Å². The molecule has 0 radical (unpaired) electrons. The van der Waals surface area contributed by atoms with E-state index in [1.165, 1.54) is 16.7 Å². The number of aromatic nitrogens is 1. The van der Waals surface area contributed by atoms with Gasteiger partial charge < -0.3 is 4.74 Å². The molecular weight excluding hydrogens is 296 g/mol. The molecule has 0 aliphatic rings. The van der Waals surface area contributed by atoms with E-state index in [-0.39, 0.29) is 0 Å². The number of pyridine rings is 1. The van der Waals surface area contributed by atoms with E-state index in [9.17, 15) is 0 Å². The lowest BCUT2D eigenvalue weighted by Crippen LogP contribution is -2.17. The molecule has 0 aliphatic carbocycles. The SMILES string of the molecule is Cc1ccc(CN(C)Cc2ccc(Oc3ccccn3)cc2)cc1. The lowest BCUT2D eigenvalue weighted by atomic mass is 10.1. The van der Waals surface area contributed by atoms with E-state index in [1.807, 2.05) is 30.3 Å². The smallest absolute Gasteiger partial charge is 0.219 e. The van der Waals surface area contributed by atoms with Crippen molar-refractivity contribution in [2.24, 2.45) is 0 Å². The molecule has 122 valence electrons. The molecule has 0 atom stereocenters. The van der Waals surface area contributed by atoms with E-state index in [2.05, 4.69) is 60.3 Å². The standard InChI is InChI=1S/C21H22N2O/c1-17-6-8-18(9-7-17)15-23(2)16-19-10-12-20(13-11-19)24-21-5-3-4-14-22-21/h3-14H,15-16H2,1-2H3. The normalized spacial score (nSPS) is 10.8. The number of hydrogen-bond donors (Lipinski definition) is 0. The Morgan fingerprint density at radius 2 is 1.46 bits per heavy atom. The van der Waals surface area contributed by atoms with Crippen LogP contribution in [0, 0.1) is 6.92 Å². The summed E-state index contributed by atoms with van der Waals surface area (Å²) in [6, 6.07) is 22.5.